The molecule has 0 aliphatic carbocycles. The number of fused-ring (bicyclic) bond motifs is 1. The molecular weight excluding hydrogens is 428 g/mol. The van der Waals surface area contributed by atoms with Gasteiger partial charge in [-0.25, -0.2) is 4.98 Å². The molecule has 1 fully saturated rings. The number of amides is 1. The molecule has 3 aromatic rings. The monoisotopic (exact) mass is 444 g/mol. The SMILES string of the molecule is O=C(c1ccncc1)N1CCCN(c2ccc3cc(Br)cc(Cl)c3n2)CC1. The maximum absolute atomic E-state index is 12.7. The van der Waals surface area contributed by atoms with E-state index in [0.29, 0.717) is 17.1 Å². The first-order valence-corrected chi connectivity index (χ1v) is 9.99. The van der Waals surface area contributed by atoms with Gasteiger partial charge >= 0.3 is 0 Å². The van der Waals surface area contributed by atoms with Crippen LogP contribution < -0.4 is 4.90 Å². The molecule has 138 valence electrons. The molecule has 0 spiro atoms. The molecule has 1 aliphatic heterocycles. The molecule has 1 aliphatic rings. The molecule has 0 bridgehead atoms. The van der Waals surface area contributed by atoms with Crippen molar-refractivity contribution in [3.05, 3.63) is 63.9 Å². The number of anilines is 1. The standard InChI is InChI=1S/C20H18BrClN4O/c21-16-12-15-2-3-18(24-19(15)17(22)13-16)25-8-1-9-26(11-10-25)20(27)14-4-6-23-7-5-14/h2-7,12-13H,1,8-11H2. The summed E-state index contributed by atoms with van der Waals surface area (Å²) >= 11 is 9.83. The van der Waals surface area contributed by atoms with Gasteiger partial charge in [-0.15, -0.1) is 0 Å². The zero-order valence-corrected chi connectivity index (χ0v) is 16.9. The van der Waals surface area contributed by atoms with Gasteiger partial charge in [0.2, 0.25) is 0 Å². The van der Waals surface area contributed by atoms with Crippen LogP contribution in [0.15, 0.2) is 53.3 Å². The molecule has 0 unspecified atom stereocenters. The Morgan fingerprint density at radius 2 is 1.85 bits per heavy atom. The fraction of sp³-hybridized carbons (Fsp3) is 0.250. The molecule has 0 N–H and O–H groups in total. The molecule has 5 nitrogen and oxygen atoms in total. The van der Waals surface area contributed by atoms with E-state index in [1.165, 1.54) is 0 Å². The lowest BCUT2D eigenvalue weighted by Crippen LogP contribution is -2.35. The largest absolute Gasteiger partial charge is 0.355 e. The van der Waals surface area contributed by atoms with Crippen LogP contribution >= 0.6 is 27.5 Å². The number of hydrogen-bond acceptors (Lipinski definition) is 4. The van der Waals surface area contributed by atoms with E-state index in [0.717, 1.165) is 47.2 Å². The number of hydrogen-bond donors (Lipinski definition) is 0. The van der Waals surface area contributed by atoms with E-state index in [2.05, 4.69) is 25.8 Å². The van der Waals surface area contributed by atoms with E-state index in [1.54, 1.807) is 24.5 Å². The van der Waals surface area contributed by atoms with Crippen LogP contribution in [-0.2, 0) is 0 Å². The Morgan fingerprint density at radius 3 is 2.67 bits per heavy atom. The van der Waals surface area contributed by atoms with Crippen LogP contribution in [0.1, 0.15) is 16.8 Å². The fourth-order valence-electron chi connectivity index (χ4n) is 3.35. The zero-order valence-electron chi connectivity index (χ0n) is 14.6. The van der Waals surface area contributed by atoms with Crippen LogP contribution in [0.4, 0.5) is 5.82 Å². The lowest BCUT2D eigenvalue weighted by atomic mass is 10.2. The van der Waals surface area contributed by atoms with Crippen molar-refractivity contribution in [2.45, 2.75) is 6.42 Å². The molecule has 27 heavy (non-hydrogen) atoms. The lowest BCUT2D eigenvalue weighted by molar-refractivity contribution is 0.0767. The quantitative estimate of drug-likeness (QED) is 0.587. The molecule has 1 saturated heterocycles. The third-order valence-corrected chi connectivity index (χ3v) is 5.48. The van der Waals surface area contributed by atoms with Crippen molar-refractivity contribution >= 4 is 50.2 Å². The van der Waals surface area contributed by atoms with Crippen molar-refractivity contribution in [2.75, 3.05) is 31.1 Å². The summed E-state index contributed by atoms with van der Waals surface area (Å²) in [5.41, 5.74) is 1.48. The molecule has 2 aromatic heterocycles. The van der Waals surface area contributed by atoms with Crippen molar-refractivity contribution in [2.24, 2.45) is 0 Å². The maximum Gasteiger partial charge on any atom is 0.254 e. The highest BCUT2D eigenvalue weighted by Crippen LogP contribution is 2.29. The lowest BCUT2D eigenvalue weighted by Gasteiger charge is -2.23. The zero-order chi connectivity index (χ0) is 18.8. The molecule has 0 radical (unpaired) electrons. The van der Waals surface area contributed by atoms with E-state index < -0.39 is 0 Å². The number of halogens is 2. The molecule has 7 heteroatoms. The highest BCUT2D eigenvalue weighted by atomic mass is 79.9. The van der Waals surface area contributed by atoms with Gasteiger partial charge in [0.15, 0.2) is 0 Å². The Hall–Kier alpha value is -2.18. The topological polar surface area (TPSA) is 49.3 Å². The Bertz CT molecular complexity index is 982. The first-order valence-electron chi connectivity index (χ1n) is 8.82. The number of aromatic nitrogens is 2. The number of pyridine rings is 2. The predicted octanol–water partition coefficient (Wildman–Crippen LogP) is 4.40. The van der Waals surface area contributed by atoms with Crippen molar-refractivity contribution in [3.63, 3.8) is 0 Å². The Balaban J connectivity index is 1.53. The minimum Gasteiger partial charge on any atom is -0.355 e. The van der Waals surface area contributed by atoms with Gasteiger partial charge in [0.1, 0.15) is 5.82 Å². The van der Waals surface area contributed by atoms with Crippen molar-refractivity contribution in [1.29, 1.82) is 0 Å². The molecular formula is C20H18BrClN4O. The first-order chi connectivity index (χ1) is 13.1. The highest BCUT2D eigenvalue weighted by Gasteiger charge is 2.21. The number of benzene rings is 1. The van der Waals surface area contributed by atoms with Gasteiger partial charge in [0.05, 0.1) is 10.5 Å². The van der Waals surface area contributed by atoms with Gasteiger partial charge < -0.3 is 9.80 Å². The molecule has 0 atom stereocenters. The second kappa shape index (κ2) is 7.82. The summed E-state index contributed by atoms with van der Waals surface area (Å²) in [7, 11) is 0. The second-order valence-corrected chi connectivity index (χ2v) is 7.82. The third-order valence-electron chi connectivity index (χ3n) is 4.73. The molecule has 0 saturated carbocycles. The second-order valence-electron chi connectivity index (χ2n) is 6.50. The van der Waals surface area contributed by atoms with E-state index in [1.807, 2.05) is 29.2 Å². The molecule has 3 heterocycles. The summed E-state index contributed by atoms with van der Waals surface area (Å²) in [6.07, 6.45) is 4.20. The highest BCUT2D eigenvalue weighted by molar-refractivity contribution is 9.10. The van der Waals surface area contributed by atoms with Crippen LogP contribution in [0.3, 0.4) is 0 Å². The average molecular weight is 446 g/mol. The number of carbonyl (C=O) groups excluding carboxylic acids is 1. The predicted molar refractivity (Wildman–Crippen MR) is 111 cm³/mol. The number of carbonyl (C=O) groups is 1. The van der Waals surface area contributed by atoms with Crippen LogP contribution in [0.25, 0.3) is 10.9 Å². The summed E-state index contributed by atoms with van der Waals surface area (Å²) in [6, 6.07) is 11.4. The summed E-state index contributed by atoms with van der Waals surface area (Å²) in [5, 5.41) is 1.63. The van der Waals surface area contributed by atoms with Crippen LogP contribution in [0, 0.1) is 0 Å². The summed E-state index contributed by atoms with van der Waals surface area (Å²) in [4.78, 5) is 25.6. The normalized spacial score (nSPS) is 15.0. The number of rotatable bonds is 2. The molecule has 4 rings (SSSR count). The third kappa shape index (κ3) is 3.92. The van der Waals surface area contributed by atoms with Gasteiger partial charge in [-0.05, 0) is 42.8 Å². The smallest absolute Gasteiger partial charge is 0.254 e. The minimum absolute atomic E-state index is 0.0543. The summed E-state index contributed by atoms with van der Waals surface area (Å²) < 4.78 is 0.939. The van der Waals surface area contributed by atoms with Crippen LogP contribution in [0.5, 0.6) is 0 Å². The summed E-state index contributed by atoms with van der Waals surface area (Å²) in [6.45, 7) is 2.99. The number of nitrogens with zero attached hydrogens (tertiary/aromatic N) is 4. The Kier molecular flexibility index (Phi) is 5.27. The van der Waals surface area contributed by atoms with Crippen molar-refractivity contribution in [1.82, 2.24) is 14.9 Å². The average Bonchev–Trinajstić information content (AvgIpc) is 2.94. The van der Waals surface area contributed by atoms with Crippen molar-refractivity contribution in [3.8, 4) is 0 Å². The van der Waals surface area contributed by atoms with E-state index >= 15 is 0 Å². The van der Waals surface area contributed by atoms with E-state index in [4.69, 9.17) is 16.6 Å². The van der Waals surface area contributed by atoms with E-state index in [-0.39, 0.29) is 5.91 Å². The van der Waals surface area contributed by atoms with Gasteiger partial charge in [-0.3, -0.25) is 9.78 Å². The fourth-order valence-corrected chi connectivity index (χ4v) is 4.23. The van der Waals surface area contributed by atoms with Gasteiger partial charge in [0, 0.05) is 54.0 Å². The van der Waals surface area contributed by atoms with Crippen molar-refractivity contribution < 1.29 is 4.79 Å². The van der Waals surface area contributed by atoms with E-state index in [9.17, 15) is 4.79 Å². The van der Waals surface area contributed by atoms with Crippen LogP contribution in [0.2, 0.25) is 5.02 Å². The van der Waals surface area contributed by atoms with Gasteiger partial charge in [-0.1, -0.05) is 27.5 Å². The minimum atomic E-state index is 0.0543. The van der Waals surface area contributed by atoms with Crippen LogP contribution in [-0.4, -0.2) is 47.0 Å². The molecule has 1 amide bonds. The van der Waals surface area contributed by atoms with Gasteiger partial charge in [0.25, 0.3) is 5.91 Å². The first kappa shape index (κ1) is 18.2. The van der Waals surface area contributed by atoms with Gasteiger partial charge in [-0.2, -0.15) is 0 Å². The molecule has 1 aromatic carbocycles. The maximum atomic E-state index is 12.7. The Labute approximate surface area is 171 Å². The Morgan fingerprint density at radius 1 is 1.04 bits per heavy atom. The summed E-state index contributed by atoms with van der Waals surface area (Å²) in [5.74, 6) is 0.948.